The fraction of sp³-hybridized carbons (Fsp3) is 0.190. The number of phenolic OH excluding ortho intramolecular Hbond substituents is 1. The van der Waals surface area contributed by atoms with E-state index in [1.807, 2.05) is 31.2 Å². The molecule has 2 aromatic carbocycles. The maximum absolute atomic E-state index is 11.4. The lowest BCUT2D eigenvalue weighted by atomic mass is 9.96. The molecule has 0 aliphatic carbocycles. The summed E-state index contributed by atoms with van der Waals surface area (Å²) in [5.74, 6) is 1.02. The van der Waals surface area contributed by atoms with Crippen molar-refractivity contribution in [2.75, 3.05) is 6.54 Å². The van der Waals surface area contributed by atoms with E-state index < -0.39 is 0 Å². The number of aromatic hydroxyl groups is 1. The molecule has 2 N–H and O–H groups in total. The van der Waals surface area contributed by atoms with Crippen LogP contribution in [-0.4, -0.2) is 27.5 Å². The molecule has 1 fully saturated rings. The summed E-state index contributed by atoms with van der Waals surface area (Å²) in [5, 5.41) is 13.0. The number of aryl methyl sites for hydroxylation is 1. The van der Waals surface area contributed by atoms with E-state index in [1.165, 1.54) is 0 Å². The van der Waals surface area contributed by atoms with Crippen LogP contribution in [0.25, 0.3) is 22.6 Å². The number of phenols is 1. The number of nitrogens with zero attached hydrogens (tertiary/aromatic N) is 2. The number of amides is 1. The number of carbonyl (C=O) groups is 1. The van der Waals surface area contributed by atoms with Gasteiger partial charge in [-0.15, -0.1) is 0 Å². The molecule has 4 rings (SSSR count). The van der Waals surface area contributed by atoms with Crippen molar-refractivity contribution >= 4 is 5.91 Å². The Labute approximate surface area is 151 Å². The standard InChI is InChI=1S/C21H19N3O2/c1-13-10-18(24-21(23-13)17-4-2-3-5-19(17)25)15-8-6-14(7-9-15)16-11-20(26)22-12-16/h2-10,16,25H,11-12H2,1H3,(H,22,26). The monoisotopic (exact) mass is 345 g/mol. The molecular formula is C21H19N3O2. The van der Waals surface area contributed by atoms with Crippen molar-refractivity contribution in [2.45, 2.75) is 19.3 Å². The molecule has 0 saturated carbocycles. The molecule has 1 aliphatic heterocycles. The van der Waals surface area contributed by atoms with Gasteiger partial charge in [0.2, 0.25) is 5.91 Å². The number of para-hydroxylation sites is 1. The van der Waals surface area contributed by atoms with E-state index >= 15 is 0 Å². The Morgan fingerprint density at radius 1 is 1.08 bits per heavy atom. The predicted octanol–water partition coefficient (Wildman–Crippen LogP) is 3.43. The second-order valence-corrected chi connectivity index (χ2v) is 6.56. The second-order valence-electron chi connectivity index (χ2n) is 6.56. The molecule has 1 unspecified atom stereocenters. The van der Waals surface area contributed by atoms with Crippen molar-refractivity contribution in [3.8, 4) is 28.4 Å². The van der Waals surface area contributed by atoms with Crippen LogP contribution in [0.1, 0.15) is 23.6 Å². The summed E-state index contributed by atoms with van der Waals surface area (Å²) in [6, 6.07) is 17.1. The van der Waals surface area contributed by atoms with Crippen molar-refractivity contribution in [3.63, 3.8) is 0 Å². The highest BCUT2D eigenvalue weighted by Crippen LogP contribution is 2.29. The third-order valence-electron chi connectivity index (χ3n) is 4.65. The first-order valence-electron chi connectivity index (χ1n) is 8.61. The molecule has 1 amide bonds. The number of rotatable bonds is 3. The zero-order chi connectivity index (χ0) is 18.1. The largest absolute Gasteiger partial charge is 0.507 e. The van der Waals surface area contributed by atoms with Gasteiger partial charge in [0.05, 0.1) is 11.3 Å². The molecule has 2 heterocycles. The second kappa shape index (κ2) is 6.59. The summed E-state index contributed by atoms with van der Waals surface area (Å²) in [4.78, 5) is 20.5. The van der Waals surface area contributed by atoms with Crippen molar-refractivity contribution in [3.05, 3.63) is 65.9 Å². The maximum Gasteiger partial charge on any atom is 0.220 e. The van der Waals surface area contributed by atoms with Gasteiger partial charge in [0.1, 0.15) is 5.75 Å². The third kappa shape index (κ3) is 3.16. The van der Waals surface area contributed by atoms with E-state index in [9.17, 15) is 9.90 Å². The van der Waals surface area contributed by atoms with Crippen molar-refractivity contribution in [1.29, 1.82) is 0 Å². The van der Waals surface area contributed by atoms with E-state index in [1.54, 1.807) is 18.2 Å². The van der Waals surface area contributed by atoms with Gasteiger partial charge >= 0.3 is 0 Å². The summed E-state index contributed by atoms with van der Waals surface area (Å²) in [7, 11) is 0. The molecule has 5 nitrogen and oxygen atoms in total. The average molecular weight is 345 g/mol. The molecule has 5 heteroatoms. The zero-order valence-electron chi connectivity index (χ0n) is 14.4. The van der Waals surface area contributed by atoms with Crippen molar-refractivity contribution in [1.82, 2.24) is 15.3 Å². The van der Waals surface area contributed by atoms with Crippen molar-refractivity contribution < 1.29 is 9.90 Å². The van der Waals surface area contributed by atoms with Crippen LogP contribution in [0.5, 0.6) is 5.75 Å². The third-order valence-corrected chi connectivity index (χ3v) is 4.65. The Hall–Kier alpha value is -3.21. The first-order valence-corrected chi connectivity index (χ1v) is 8.61. The molecule has 1 atom stereocenters. The Morgan fingerprint density at radius 2 is 1.85 bits per heavy atom. The fourth-order valence-electron chi connectivity index (χ4n) is 3.27. The lowest BCUT2D eigenvalue weighted by molar-refractivity contribution is -0.119. The van der Waals surface area contributed by atoms with E-state index in [0.29, 0.717) is 24.4 Å². The summed E-state index contributed by atoms with van der Waals surface area (Å²) < 4.78 is 0. The minimum Gasteiger partial charge on any atom is -0.507 e. The molecule has 1 aromatic heterocycles. The van der Waals surface area contributed by atoms with Crippen LogP contribution in [0, 0.1) is 6.92 Å². The molecule has 0 bridgehead atoms. The highest BCUT2D eigenvalue weighted by atomic mass is 16.3. The Morgan fingerprint density at radius 3 is 2.54 bits per heavy atom. The number of hydrogen-bond donors (Lipinski definition) is 2. The van der Waals surface area contributed by atoms with Crippen LogP contribution in [0.3, 0.4) is 0 Å². The van der Waals surface area contributed by atoms with E-state index in [-0.39, 0.29) is 17.6 Å². The summed E-state index contributed by atoms with van der Waals surface area (Å²) >= 11 is 0. The van der Waals surface area contributed by atoms with Crippen LogP contribution >= 0.6 is 0 Å². The van der Waals surface area contributed by atoms with Gasteiger partial charge in [0.25, 0.3) is 0 Å². The average Bonchev–Trinajstić information content (AvgIpc) is 3.08. The molecule has 1 aliphatic rings. The van der Waals surface area contributed by atoms with E-state index in [2.05, 4.69) is 27.4 Å². The van der Waals surface area contributed by atoms with Gasteiger partial charge in [-0.05, 0) is 30.7 Å². The molecule has 26 heavy (non-hydrogen) atoms. The normalized spacial score (nSPS) is 16.5. The van der Waals surface area contributed by atoms with Crippen LogP contribution in [0.4, 0.5) is 0 Å². The fourth-order valence-corrected chi connectivity index (χ4v) is 3.27. The summed E-state index contributed by atoms with van der Waals surface area (Å²) in [5.41, 5.74) is 4.39. The molecule has 0 spiro atoms. The number of carbonyl (C=O) groups excluding carboxylic acids is 1. The van der Waals surface area contributed by atoms with Gasteiger partial charge in [0, 0.05) is 30.1 Å². The van der Waals surface area contributed by atoms with Crippen LogP contribution in [0.2, 0.25) is 0 Å². The van der Waals surface area contributed by atoms with Crippen LogP contribution < -0.4 is 5.32 Å². The van der Waals surface area contributed by atoms with E-state index in [0.717, 1.165) is 22.5 Å². The highest BCUT2D eigenvalue weighted by Gasteiger charge is 2.22. The quantitative estimate of drug-likeness (QED) is 0.763. The molecule has 130 valence electrons. The first kappa shape index (κ1) is 16.3. The molecule has 0 radical (unpaired) electrons. The lowest BCUT2D eigenvalue weighted by Crippen LogP contribution is -2.13. The zero-order valence-corrected chi connectivity index (χ0v) is 14.4. The minimum atomic E-state index is 0.109. The number of hydrogen-bond acceptors (Lipinski definition) is 4. The minimum absolute atomic E-state index is 0.109. The summed E-state index contributed by atoms with van der Waals surface area (Å²) in [6.45, 7) is 2.61. The molecular weight excluding hydrogens is 326 g/mol. The summed E-state index contributed by atoms with van der Waals surface area (Å²) in [6.07, 6.45) is 0.545. The molecule has 3 aromatic rings. The maximum atomic E-state index is 11.4. The van der Waals surface area contributed by atoms with Crippen LogP contribution in [0.15, 0.2) is 54.6 Å². The Bertz CT molecular complexity index is 967. The highest BCUT2D eigenvalue weighted by molar-refractivity contribution is 5.79. The topological polar surface area (TPSA) is 75.1 Å². The smallest absolute Gasteiger partial charge is 0.220 e. The number of nitrogens with one attached hydrogen (secondary N) is 1. The van der Waals surface area contributed by atoms with Gasteiger partial charge < -0.3 is 10.4 Å². The SMILES string of the molecule is Cc1cc(-c2ccc(C3CNC(=O)C3)cc2)nc(-c2ccccc2O)n1. The predicted molar refractivity (Wildman–Crippen MR) is 99.7 cm³/mol. The Balaban J connectivity index is 1.68. The van der Waals surface area contributed by atoms with Crippen molar-refractivity contribution in [2.24, 2.45) is 0 Å². The van der Waals surface area contributed by atoms with Crippen LogP contribution in [-0.2, 0) is 4.79 Å². The van der Waals surface area contributed by atoms with E-state index in [4.69, 9.17) is 0 Å². The first-order chi connectivity index (χ1) is 12.6. The lowest BCUT2D eigenvalue weighted by Gasteiger charge is -2.10. The molecule has 1 saturated heterocycles. The Kier molecular flexibility index (Phi) is 4.13. The number of benzene rings is 2. The van der Waals surface area contributed by atoms with Gasteiger partial charge in [-0.1, -0.05) is 36.4 Å². The number of aromatic nitrogens is 2. The van der Waals surface area contributed by atoms with Gasteiger partial charge in [0.15, 0.2) is 5.82 Å². The van der Waals surface area contributed by atoms with Gasteiger partial charge in [-0.25, -0.2) is 9.97 Å². The van der Waals surface area contributed by atoms with Gasteiger partial charge in [-0.3, -0.25) is 4.79 Å². The van der Waals surface area contributed by atoms with Gasteiger partial charge in [-0.2, -0.15) is 0 Å².